The lowest BCUT2D eigenvalue weighted by Gasteiger charge is -2.05. The van der Waals surface area contributed by atoms with Crippen LogP contribution in [0.25, 0.3) is 0 Å². The molecule has 2 N–H and O–H groups in total. The maximum absolute atomic E-state index is 11.9. The van der Waals surface area contributed by atoms with Crippen molar-refractivity contribution in [3.63, 3.8) is 0 Å². The fraction of sp³-hybridized carbons (Fsp3) is 0.286. The van der Waals surface area contributed by atoms with Crippen LogP contribution in [-0.2, 0) is 4.79 Å². The molecule has 1 fully saturated rings. The molecule has 8 heteroatoms. The Hall–Kier alpha value is -1.80. The summed E-state index contributed by atoms with van der Waals surface area (Å²) in [6, 6.07) is 6.97. The second-order valence-corrected chi connectivity index (χ2v) is 6.89. The van der Waals surface area contributed by atoms with Crippen LogP contribution >= 0.6 is 27.3 Å². The van der Waals surface area contributed by atoms with Crippen LogP contribution in [0.1, 0.15) is 34.1 Å². The number of hydrogen-bond donors (Lipinski definition) is 2. The maximum Gasteiger partial charge on any atom is 0.251 e. The quantitative estimate of drug-likeness (QED) is 0.834. The Morgan fingerprint density at radius 2 is 2.14 bits per heavy atom. The number of carbonyl (C=O) groups excluding carboxylic acids is 2. The summed E-state index contributed by atoms with van der Waals surface area (Å²) in [5.74, 6) is -0.103. The SMILES string of the molecule is O=C(CNC(=O)c1cccc(Br)c1)Nc1nnc(C2CC2)s1. The van der Waals surface area contributed by atoms with Crippen molar-refractivity contribution in [3.8, 4) is 0 Å². The van der Waals surface area contributed by atoms with E-state index in [0.717, 1.165) is 22.3 Å². The van der Waals surface area contributed by atoms with Crippen molar-refractivity contribution in [1.82, 2.24) is 15.5 Å². The molecule has 6 nitrogen and oxygen atoms in total. The molecule has 2 aromatic rings. The first-order valence-electron chi connectivity index (χ1n) is 6.79. The van der Waals surface area contributed by atoms with Gasteiger partial charge in [0.2, 0.25) is 11.0 Å². The molecule has 1 aliphatic carbocycles. The smallest absolute Gasteiger partial charge is 0.251 e. The minimum Gasteiger partial charge on any atom is -0.343 e. The van der Waals surface area contributed by atoms with E-state index < -0.39 is 0 Å². The number of halogens is 1. The zero-order valence-electron chi connectivity index (χ0n) is 11.5. The highest BCUT2D eigenvalue weighted by molar-refractivity contribution is 9.10. The van der Waals surface area contributed by atoms with E-state index in [9.17, 15) is 9.59 Å². The Labute approximate surface area is 139 Å². The fourth-order valence-electron chi connectivity index (χ4n) is 1.84. The van der Waals surface area contributed by atoms with Crippen LogP contribution in [0.3, 0.4) is 0 Å². The number of carbonyl (C=O) groups is 2. The minimum atomic E-state index is -0.318. The Bertz CT molecular complexity index is 714. The number of amides is 2. The molecule has 0 aliphatic heterocycles. The Balaban J connectivity index is 1.50. The van der Waals surface area contributed by atoms with E-state index in [1.54, 1.807) is 18.2 Å². The van der Waals surface area contributed by atoms with Crippen molar-refractivity contribution in [2.75, 3.05) is 11.9 Å². The number of aromatic nitrogens is 2. The lowest BCUT2D eigenvalue weighted by Crippen LogP contribution is -2.32. The zero-order valence-corrected chi connectivity index (χ0v) is 13.9. The summed E-state index contributed by atoms with van der Waals surface area (Å²) in [6.45, 7) is -0.107. The first-order chi connectivity index (χ1) is 10.6. The Morgan fingerprint density at radius 3 is 2.86 bits per heavy atom. The van der Waals surface area contributed by atoms with Gasteiger partial charge in [-0.05, 0) is 31.0 Å². The summed E-state index contributed by atoms with van der Waals surface area (Å²) >= 11 is 4.69. The predicted octanol–water partition coefficient (Wildman–Crippen LogP) is 2.55. The molecule has 114 valence electrons. The van der Waals surface area contributed by atoms with Crippen LogP contribution in [0.15, 0.2) is 28.7 Å². The Morgan fingerprint density at radius 1 is 1.32 bits per heavy atom. The summed E-state index contributed by atoms with van der Waals surface area (Å²) in [5.41, 5.74) is 0.495. The highest BCUT2D eigenvalue weighted by atomic mass is 79.9. The first kappa shape index (κ1) is 15.1. The molecule has 0 atom stereocenters. The van der Waals surface area contributed by atoms with Crippen LogP contribution in [0.5, 0.6) is 0 Å². The molecule has 0 spiro atoms. The van der Waals surface area contributed by atoms with Gasteiger partial charge >= 0.3 is 0 Å². The number of rotatable bonds is 5. The molecule has 1 heterocycles. The predicted molar refractivity (Wildman–Crippen MR) is 87.0 cm³/mol. The van der Waals surface area contributed by atoms with E-state index in [2.05, 4.69) is 36.8 Å². The van der Waals surface area contributed by atoms with Gasteiger partial charge in [0.1, 0.15) is 5.01 Å². The van der Waals surface area contributed by atoms with Crippen molar-refractivity contribution in [3.05, 3.63) is 39.3 Å². The van der Waals surface area contributed by atoms with Gasteiger partial charge in [0, 0.05) is 16.0 Å². The zero-order chi connectivity index (χ0) is 15.5. The molecule has 1 aromatic carbocycles. The number of benzene rings is 1. The normalized spacial score (nSPS) is 13.7. The topological polar surface area (TPSA) is 84.0 Å². The third-order valence-electron chi connectivity index (χ3n) is 3.11. The molecule has 22 heavy (non-hydrogen) atoms. The van der Waals surface area contributed by atoms with Crippen LogP contribution in [-0.4, -0.2) is 28.6 Å². The summed E-state index contributed by atoms with van der Waals surface area (Å²) < 4.78 is 0.811. The van der Waals surface area contributed by atoms with Crippen molar-refractivity contribution < 1.29 is 9.59 Å². The number of nitrogens with one attached hydrogen (secondary N) is 2. The first-order valence-corrected chi connectivity index (χ1v) is 8.40. The van der Waals surface area contributed by atoms with E-state index in [1.165, 1.54) is 11.3 Å². The standard InChI is InChI=1S/C14H13BrN4O2S/c15-10-3-1-2-9(6-10)12(21)16-7-11(20)17-14-19-18-13(22-14)8-4-5-8/h1-3,6,8H,4-5,7H2,(H,16,21)(H,17,19,20). The van der Waals surface area contributed by atoms with Gasteiger partial charge < -0.3 is 5.32 Å². The molecule has 1 saturated carbocycles. The number of hydrogen-bond acceptors (Lipinski definition) is 5. The van der Waals surface area contributed by atoms with Gasteiger partial charge in [-0.3, -0.25) is 14.9 Å². The molecule has 0 bridgehead atoms. The lowest BCUT2D eigenvalue weighted by atomic mass is 10.2. The van der Waals surface area contributed by atoms with Crippen molar-refractivity contribution >= 4 is 44.2 Å². The minimum absolute atomic E-state index is 0.107. The summed E-state index contributed by atoms with van der Waals surface area (Å²) in [6.07, 6.45) is 2.29. The monoisotopic (exact) mass is 380 g/mol. The number of nitrogens with zero attached hydrogens (tertiary/aromatic N) is 2. The molecule has 1 aliphatic rings. The summed E-state index contributed by atoms with van der Waals surface area (Å²) in [5, 5.41) is 14.6. The average Bonchev–Trinajstić information content (AvgIpc) is 3.25. The molecule has 0 saturated heterocycles. The number of anilines is 1. The average molecular weight is 381 g/mol. The second-order valence-electron chi connectivity index (χ2n) is 4.96. The van der Waals surface area contributed by atoms with Gasteiger partial charge in [-0.1, -0.05) is 33.3 Å². The molecule has 0 unspecified atom stereocenters. The summed E-state index contributed by atoms with van der Waals surface area (Å²) in [4.78, 5) is 23.7. The second kappa shape index (κ2) is 6.53. The van der Waals surface area contributed by atoms with Gasteiger partial charge in [0.25, 0.3) is 5.91 Å². The molecular weight excluding hydrogens is 368 g/mol. The highest BCUT2D eigenvalue weighted by Crippen LogP contribution is 2.41. The molecule has 0 radical (unpaired) electrons. The summed E-state index contributed by atoms with van der Waals surface area (Å²) in [7, 11) is 0. The lowest BCUT2D eigenvalue weighted by molar-refractivity contribution is -0.115. The van der Waals surface area contributed by atoms with Gasteiger partial charge in [0.15, 0.2) is 0 Å². The van der Waals surface area contributed by atoms with Crippen LogP contribution in [0.4, 0.5) is 5.13 Å². The Kier molecular flexibility index (Phi) is 4.49. The van der Waals surface area contributed by atoms with Crippen molar-refractivity contribution in [2.24, 2.45) is 0 Å². The molecule has 1 aromatic heterocycles. The van der Waals surface area contributed by atoms with Crippen molar-refractivity contribution in [1.29, 1.82) is 0 Å². The van der Waals surface area contributed by atoms with Gasteiger partial charge in [-0.2, -0.15) is 0 Å². The van der Waals surface area contributed by atoms with Crippen LogP contribution < -0.4 is 10.6 Å². The van der Waals surface area contributed by atoms with E-state index in [4.69, 9.17) is 0 Å². The largest absolute Gasteiger partial charge is 0.343 e. The third kappa shape index (κ3) is 3.89. The van der Waals surface area contributed by atoms with Crippen LogP contribution in [0, 0.1) is 0 Å². The molecular formula is C14H13BrN4O2S. The van der Waals surface area contributed by atoms with Crippen molar-refractivity contribution in [2.45, 2.75) is 18.8 Å². The maximum atomic E-state index is 11.9. The third-order valence-corrected chi connectivity index (χ3v) is 4.60. The van der Waals surface area contributed by atoms with Gasteiger partial charge in [0.05, 0.1) is 6.54 Å². The van der Waals surface area contributed by atoms with Crippen LogP contribution in [0.2, 0.25) is 0 Å². The molecule has 3 rings (SSSR count). The van der Waals surface area contributed by atoms with Gasteiger partial charge in [-0.25, -0.2) is 0 Å². The van der Waals surface area contributed by atoms with E-state index >= 15 is 0 Å². The van der Waals surface area contributed by atoms with E-state index in [0.29, 0.717) is 16.6 Å². The highest BCUT2D eigenvalue weighted by Gasteiger charge is 2.27. The molecule has 2 amide bonds. The van der Waals surface area contributed by atoms with E-state index in [1.807, 2.05) is 6.07 Å². The fourth-order valence-corrected chi connectivity index (χ4v) is 3.16. The van der Waals surface area contributed by atoms with Gasteiger partial charge in [-0.15, -0.1) is 10.2 Å². The van der Waals surface area contributed by atoms with E-state index in [-0.39, 0.29) is 18.4 Å².